The summed E-state index contributed by atoms with van der Waals surface area (Å²) in [6, 6.07) is 18.7. The van der Waals surface area contributed by atoms with E-state index in [4.69, 9.17) is 11.0 Å². The van der Waals surface area contributed by atoms with Gasteiger partial charge in [0.05, 0.1) is 23.5 Å². The molecule has 0 radical (unpaired) electrons. The van der Waals surface area contributed by atoms with Crippen molar-refractivity contribution in [2.24, 2.45) is 5.73 Å². The molecule has 1 amide bonds. The average Bonchev–Trinajstić information content (AvgIpc) is 2.71. The molecule has 0 fully saturated rings. The largest absolute Gasteiger partial charge is 0.368 e. The molecule has 0 aliphatic carbocycles. The van der Waals surface area contributed by atoms with Crippen LogP contribution in [0.4, 0.5) is 5.82 Å². The smallest absolute Gasteiger partial charge is 0.294 e. The summed E-state index contributed by atoms with van der Waals surface area (Å²) in [7, 11) is 0. The SMILES string of the molecule is N#Cc1cccc(-c2cnc(NCCc3ccccc3)c(=O)n2CC(N)=O)c1. The Morgan fingerprint density at radius 2 is 1.96 bits per heavy atom. The molecule has 0 unspecified atom stereocenters. The minimum atomic E-state index is -0.638. The lowest BCUT2D eigenvalue weighted by Crippen LogP contribution is -2.31. The minimum absolute atomic E-state index is 0.150. The van der Waals surface area contributed by atoms with E-state index in [9.17, 15) is 9.59 Å². The van der Waals surface area contributed by atoms with E-state index in [2.05, 4.69) is 16.4 Å². The minimum Gasteiger partial charge on any atom is -0.368 e. The van der Waals surface area contributed by atoms with Crippen molar-refractivity contribution >= 4 is 11.7 Å². The monoisotopic (exact) mass is 373 g/mol. The molecule has 3 rings (SSSR count). The molecule has 2 aromatic carbocycles. The molecule has 140 valence electrons. The highest BCUT2D eigenvalue weighted by atomic mass is 16.2. The van der Waals surface area contributed by atoms with E-state index in [0.29, 0.717) is 23.4 Å². The molecule has 1 aromatic heterocycles. The number of nitrogens with zero attached hydrogens (tertiary/aromatic N) is 3. The number of carbonyl (C=O) groups excluding carboxylic acids is 1. The van der Waals surface area contributed by atoms with Gasteiger partial charge in [0.1, 0.15) is 6.54 Å². The Morgan fingerprint density at radius 1 is 1.18 bits per heavy atom. The van der Waals surface area contributed by atoms with Crippen molar-refractivity contribution in [2.45, 2.75) is 13.0 Å². The maximum atomic E-state index is 12.9. The third-order valence-electron chi connectivity index (χ3n) is 4.20. The number of rotatable bonds is 7. The summed E-state index contributed by atoms with van der Waals surface area (Å²) < 4.78 is 1.27. The first kappa shape index (κ1) is 18.9. The molecular formula is C21H19N5O2. The van der Waals surface area contributed by atoms with Crippen molar-refractivity contribution in [1.29, 1.82) is 5.26 Å². The van der Waals surface area contributed by atoms with Crippen LogP contribution in [-0.2, 0) is 17.8 Å². The van der Waals surface area contributed by atoms with Crippen LogP contribution in [-0.4, -0.2) is 22.0 Å². The molecule has 3 aromatic rings. The number of primary amides is 1. The first-order valence-corrected chi connectivity index (χ1v) is 8.75. The van der Waals surface area contributed by atoms with Crippen LogP contribution in [0.2, 0.25) is 0 Å². The van der Waals surface area contributed by atoms with Crippen LogP contribution in [0.1, 0.15) is 11.1 Å². The van der Waals surface area contributed by atoms with Crippen LogP contribution >= 0.6 is 0 Å². The van der Waals surface area contributed by atoms with Gasteiger partial charge in [-0.05, 0) is 24.1 Å². The van der Waals surface area contributed by atoms with Gasteiger partial charge in [-0.25, -0.2) is 4.98 Å². The van der Waals surface area contributed by atoms with E-state index in [0.717, 1.165) is 12.0 Å². The highest BCUT2D eigenvalue weighted by Crippen LogP contribution is 2.19. The van der Waals surface area contributed by atoms with E-state index < -0.39 is 11.5 Å². The molecule has 0 aliphatic heterocycles. The van der Waals surface area contributed by atoms with Crippen LogP contribution < -0.4 is 16.6 Å². The Balaban J connectivity index is 1.90. The van der Waals surface area contributed by atoms with Gasteiger partial charge in [-0.1, -0.05) is 42.5 Å². The third-order valence-corrected chi connectivity index (χ3v) is 4.20. The van der Waals surface area contributed by atoms with Gasteiger partial charge >= 0.3 is 0 Å². The standard InChI is InChI=1S/C21H19N5O2/c22-12-16-7-4-8-17(11-16)18-13-25-20(21(28)26(18)14-19(23)27)24-10-9-15-5-2-1-3-6-15/h1-8,11,13H,9-10,14H2,(H2,23,27)(H,24,25). The van der Waals surface area contributed by atoms with E-state index in [-0.39, 0.29) is 12.4 Å². The maximum absolute atomic E-state index is 12.9. The number of hydrogen-bond donors (Lipinski definition) is 2. The number of amides is 1. The van der Waals surface area contributed by atoms with Gasteiger partial charge in [0.15, 0.2) is 5.82 Å². The van der Waals surface area contributed by atoms with Crippen molar-refractivity contribution in [3.8, 4) is 17.3 Å². The molecule has 28 heavy (non-hydrogen) atoms. The summed E-state index contributed by atoms with van der Waals surface area (Å²) >= 11 is 0. The van der Waals surface area contributed by atoms with E-state index in [1.165, 1.54) is 10.8 Å². The van der Waals surface area contributed by atoms with Crippen LogP contribution in [0.3, 0.4) is 0 Å². The Bertz CT molecular complexity index is 1080. The van der Waals surface area contributed by atoms with Crippen molar-refractivity contribution in [3.05, 3.63) is 82.3 Å². The predicted octanol–water partition coefficient (Wildman–Crippen LogP) is 1.92. The van der Waals surface area contributed by atoms with E-state index in [1.807, 2.05) is 30.3 Å². The first-order valence-electron chi connectivity index (χ1n) is 8.75. The van der Waals surface area contributed by atoms with Crippen LogP contribution in [0, 0.1) is 11.3 Å². The van der Waals surface area contributed by atoms with Crippen LogP contribution in [0.5, 0.6) is 0 Å². The quantitative estimate of drug-likeness (QED) is 0.657. The zero-order chi connectivity index (χ0) is 19.9. The molecule has 0 aliphatic rings. The van der Waals surface area contributed by atoms with Gasteiger partial charge in [-0.3, -0.25) is 14.2 Å². The van der Waals surface area contributed by atoms with Gasteiger partial charge in [0.25, 0.3) is 5.56 Å². The summed E-state index contributed by atoms with van der Waals surface area (Å²) in [5, 5.41) is 12.1. The van der Waals surface area contributed by atoms with Crippen molar-refractivity contribution < 1.29 is 4.79 Å². The topological polar surface area (TPSA) is 114 Å². The fourth-order valence-corrected chi connectivity index (χ4v) is 2.87. The molecule has 0 saturated carbocycles. The van der Waals surface area contributed by atoms with E-state index >= 15 is 0 Å². The zero-order valence-corrected chi connectivity index (χ0v) is 15.1. The molecule has 7 nitrogen and oxygen atoms in total. The number of nitriles is 1. The molecule has 0 atom stereocenters. The van der Waals surface area contributed by atoms with Crippen molar-refractivity contribution in [2.75, 3.05) is 11.9 Å². The summed E-state index contributed by atoms with van der Waals surface area (Å²) in [5.41, 5.74) is 7.51. The van der Waals surface area contributed by atoms with Gasteiger partial charge < -0.3 is 11.1 Å². The maximum Gasteiger partial charge on any atom is 0.294 e. The number of aromatic nitrogens is 2. The summed E-state index contributed by atoms with van der Waals surface area (Å²) in [6.07, 6.45) is 2.23. The number of carbonyl (C=O) groups is 1. The molecular weight excluding hydrogens is 354 g/mol. The molecule has 0 bridgehead atoms. The number of anilines is 1. The molecule has 0 saturated heterocycles. The van der Waals surface area contributed by atoms with Gasteiger partial charge in [-0.15, -0.1) is 0 Å². The highest BCUT2D eigenvalue weighted by molar-refractivity contribution is 5.75. The summed E-state index contributed by atoms with van der Waals surface area (Å²) in [4.78, 5) is 28.6. The molecule has 7 heteroatoms. The summed E-state index contributed by atoms with van der Waals surface area (Å²) in [6.45, 7) is 0.243. The van der Waals surface area contributed by atoms with Crippen LogP contribution in [0.15, 0.2) is 65.6 Å². The molecule has 1 heterocycles. The molecule has 3 N–H and O–H groups in total. The van der Waals surface area contributed by atoms with Crippen molar-refractivity contribution in [3.63, 3.8) is 0 Å². The van der Waals surface area contributed by atoms with E-state index in [1.54, 1.807) is 24.3 Å². The first-order chi connectivity index (χ1) is 13.6. The van der Waals surface area contributed by atoms with Gasteiger partial charge in [0.2, 0.25) is 5.91 Å². The predicted molar refractivity (Wildman–Crippen MR) is 106 cm³/mol. The van der Waals surface area contributed by atoms with Crippen LogP contribution in [0.25, 0.3) is 11.3 Å². The second kappa shape index (κ2) is 8.64. The Morgan fingerprint density at radius 3 is 2.68 bits per heavy atom. The lowest BCUT2D eigenvalue weighted by Gasteiger charge is -2.14. The normalized spacial score (nSPS) is 10.2. The fraction of sp³-hybridized carbons (Fsp3) is 0.143. The summed E-state index contributed by atoms with van der Waals surface area (Å²) in [5.74, 6) is -0.487. The Labute approximate surface area is 162 Å². The van der Waals surface area contributed by atoms with Crippen molar-refractivity contribution in [1.82, 2.24) is 9.55 Å². The lowest BCUT2D eigenvalue weighted by atomic mass is 10.1. The fourth-order valence-electron chi connectivity index (χ4n) is 2.87. The zero-order valence-electron chi connectivity index (χ0n) is 15.1. The number of nitrogens with two attached hydrogens (primary N) is 1. The van der Waals surface area contributed by atoms with Gasteiger partial charge in [0, 0.05) is 12.1 Å². The number of nitrogens with one attached hydrogen (secondary N) is 1. The molecule has 0 spiro atoms. The number of benzene rings is 2. The third kappa shape index (κ3) is 4.43. The van der Waals surface area contributed by atoms with Gasteiger partial charge in [-0.2, -0.15) is 5.26 Å². The lowest BCUT2D eigenvalue weighted by molar-refractivity contribution is -0.118. The second-order valence-electron chi connectivity index (χ2n) is 6.20. The Kier molecular flexibility index (Phi) is 5.82. The second-order valence-corrected chi connectivity index (χ2v) is 6.20. The average molecular weight is 373 g/mol. The Hall–Kier alpha value is -3.92. The number of hydrogen-bond acceptors (Lipinski definition) is 5. The highest BCUT2D eigenvalue weighted by Gasteiger charge is 2.14.